The molecule has 1 aromatic carbocycles. The predicted molar refractivity (Wildman–Crippen MR) is 88.3 cm³/mol. The fourth-order valence-electron chi connectivity index (χ4n) is 2.50. The molecule has 0 fully saturated rings. The van der Waals surface area contributed by atoms with E-state index >= 15 is 0 Å². The maximum absolute atomic E-state index is 12.2. The second-order valence-electron chi connectivity index (χ2n) is 5.58. The Morgan fingerprint density at radius 1 is 1.36 bits per heavy atom. The van der Waals surface area contributed by atoms with E-state index < -0.39 is 0 Å². The molecule has 1 aromatic rings. The van der Waals surface area contributed by atoms with Crippen molar-refractivity contribution in [2.75, 3.05) is 37.3 Å². The molecule has 6 heteroatoms. The van der Waals surface area contributed by atoms with Crippen LogP contribution in [0.1, 0.15) is 24.5 Å². The lowest BCUT2D eigenvalue weighted by Crippen LogP contribution is -2.36. The standard InChI is InChI=1S/C16H24N4O2/c1-4-17-7-8-20(3)16(22)18-13-9-11(2)15-12(10-13)5-6-14(21)19-15/h9-10,17H,4-8H2,1-3H3,(H,18,22)(H,19,21). The second-order valence-corrected chi connectivity index (χ2v) is 5.58. The zero-order valence-corrected chi connectivity index (χ0v) is 13.5. The number of nitrogens with zero attached hydrogens (tertiary/aromatic N) is 1. The predicted octanol–water partition coefficient (Wildman–Crippen LogP) is 1.95. The van der Waals surface area contributed by atoms with Gasteiger partial charge in [0.05, 0.1) is 0 Å². The third-order valence-corrected chi connectivity index (χ3v) is 3.77. The summed E-state index contributed by atoms with van der Waals surface area (Å²) < 4.78 is 0. The van der Waals surface area contributed by atoms with Gasteiger partial charge >= 0.3 is 6.03 Å². The first-order valence-corrected chi connectivity index (χ1v) is 7.67. The van der Waals surface area contributed by atoms with Gasteiger partial charge in [-0.15, -0.1) is 0 Å². The summed E-state index contributed by atoms with van der Waals surface area (Å²) in [7, 11) is 1.78. The van der Waals surface area contributed by atoms with Crippen LogP contribution < -0.4 is 16.0 Å². The van der Waals surface area contributed by atoms with E-state index in [-0.39, 0.29) is 11.9 Å². The number of nitrogens with one attached hydrogen (secondary N) is 3. The third-order valence-electron chi connectivity index (χ3n) is 3.77. The number of likely N-dealkylation sites (N-methyl/N-ethyl adjacent to an activating group) is 2. The van der Waals surface area contributed by atoms with E-state index in [9.17, 15) is 9.59 Å². The highest BCUT2D eigenvalue weighted by atomic mass is 16.2. The molecule has 3 amide bonds. The number of carbonyl (C=O) groups is 2. The van der Waals surface area contributed by atoms with E-state index in [0.717, 1.165) is 35.6 Å². The molecule has 1 aliphatic heterocycles. The number of benzene rings is 1. The summed E-state index contributed by atoms with van der Waals surface area (Å²) in [6.07, 6.45) is 1.20. The summed E-state index contributed by atoms with van der Waals surface area (Å²) in [5.41, 5.74) is 3.70. The summed E-state index contributed by atoms with van der Waals surface area (Å²) in [5.74, 6) is 0.0514. The zero-order chi connectivity index (χ0) is 16.1. The molecule has 0 spiro atoms. The van der Waals surface area contributed by atoms with Gasteiger partial charge in [-0.1, -0.05) is 6.92 Å². The van der Waals surface area contributed by atoms with E-state index in [0.29, 0.717) is 19.4 Å². The minimum absolute atomic E-state index is 0.0514. The summed E-state index contributed by atoms with van der Waals surface area (Å²) in [5, 5.41) is 9.00. The number of rotatable bonds is 5. The number of hydrogen-bond acceptors (Lipinski definition) is 3. The Morgan fingerprint density at radius 2 is 2.14 bits per heavy atom. The van der Waals surface area contributed by atoms with Crippen LogP contribution in [0.25, 0.3) is 0 Å². The molecule has 2 rings (SSSR count). The average Bonchev–Trinajstić information content (AvgIpc) is 2.48. The molecule has 120 valence electrons. The molecule has 0 bridgehead atoms. The number of carbonyl (C=O) groups excluding carboxylic acids is 2. The van der Waals surface area contributed by atoms with Crippen molar-refractivity contribution in [1.29, 1.82) is 0 Å². The summed E-state index contributed by atoms with van der Waals surface area (Å²) >= 11 is 0. The Morgan fingerprint density at radius 3 is 2.86 bits per heavy atom. The molecule has 0 atom stereocenters. The second kappa shape index (κ2) is 7.26. The van der Waals surface area contributed by atoms with Crippen LogP contribution in [0.4, 0.5) is 16.2 Å². The maximum atomic E-state index is 12.2. The van der Waals surface area contributed by atoms with Gasteiger partial charge in [0.2, 0.25) is 5.91 Å². The summed E-state index contributed by atoms with van der Waals surface area (Å²) in [6.45, 7) is 6.30. The molecule has 1 aliphatic rings. The van der Waals surface area contributed by atoms with Gasteiger partial charge in [-0.3, -0.25) is 4.79 Å². The first-order valence-electron chi connectivity index (χ1n) is 7.67. The number of fused-ring (bicyclic) bond motifs is 1. The van der Waals surface area contributed by atoms with Crippen LogP contribution >= 0.6 is 0 Å². The van der Waals surface area contributed by atoms with Gasteiger partial charge in [0.15, 0.2) is 0 Å². The molecule has 0 saturated carbocycles. The van der Waals surface area contributed by atoms with Gasteiger partial charge in [0.1, 0.15) is 0 Å². The SMILES string of the molecule is CCNCCN(C)C(=O)Nc1cc(C)c2c(c1)CCC(=O)N2. The topological polar surface area (TPSA) is 73.5 Å². The van der Waals surface area contributed by atoms with Crippen molar-refractivity contribution in [2.24, 2.45) is 0 Å². The van der Waals surface area contributed by atoms with Crippen molar-refractivity contribution in [2.45, 2.75) is 26.7 Å². The Kier molecular flexibility index (Phi) is 5.38. The fourth-order valence-corrected chi connectivity index (χ4v) is 2.50. The molecule has 6 nitrogen and oxygen atoms in total. The molecule has 0 aliphatic carbocycles. The Bertz CT molecular complexity index is 572. The number of hydrogen-bond donors (Lipinski definition) is 3. The maximum Gasteiger partial charge on any atom is 0.321 e. The van der Waals surface area contributed by atoms with Crippen LogP contribution in [0.5, 0.6) is 0 Å². The number of amides is 3. The van der Waals surface area contributed by atoms with Crippen LogP contribution in [0.15, 0.2) is 12.1 Å². The number of urea groups is 1. The highest BCUT2D eigenvalue weighted by Gasteiger charge is 2.18. The van der Waals surface area contributed by atoms with Crippen LogP contribution in [0.2, 0.25) is 0 Å². The molecule has 0 saturated heterocycles. The fraction of sp³-hybridized carbons (Fsp3) is 0.500. The Labute approximate surface area is 131 Å². The lowest BCUT2D eigenvalue weighted by Gasteiger charge is -2.22. The average molecular weight is 304 g/mol. The van der Waals surface area contributed by atoms with Crippen LogP contribution in [0.3, 0.4) is 0 Å². The van der Waals surface area contributed by atoms with E-state index in [1.165, 1.54) is 0 Å². The first-order chi connectivity index (χ1) is 10.5. The Hall–Kier alpha value is -2.08. The van der Waals surface area contributed by atoms with Crippen molar-refractivity contribution in [3.05, 3.63) is 23.3 Å². The molecule has 0 aromatic heterocycles. The lowest BCUT2D eigenvalue weighted by atomic mass is 9.98. The molecule has 3 N–H and O–H groups in total. The van der Waals surface area contributed by atoms with Gasteiger partial charge in [0.25, 0.3) is 0 Å². The smallest absolute Gasteiger partial charge is 0.321 e. The van der Waals surface area contributed by atoms with Gasteiger partial charge in [-0.05, 0) is 43.1 Å². The quantitative estimate of drug-likeness (QED) is 0.728. The third kappa shape index (κ3) is 3.98. The van der Waals surface area contributed by atoms with Crippen molar-refractivity contribution in [1.82, 2.24) is 10.2 Å². The molecular weight excluding hydrogens is 280 g/mol. The number of aryl methyl sites for hydroxylation is 2. The van der Waals surface area contributed by atoms with Crippen LogP contribution in [0, 0.1) is 6.92 Å². The van der Waals surface area contributed by atoms with Gasteiger partial charge < -0.3 is 20.9 Å². The van der Waals surface area contributed by atoms with Crippen molar-refractivity contribution in [3.8, 4) is 0 Å². The minimum atomic E-state index is -0.128. The van der Waals surface area contributed by atoms with E-state index in [1.807, 2.05) is 26.0 Å². The largest absolute Gasteiger partial charge is 0.326 e. The normalized spacial score (nSPS) is 13.3. The highest BCUT2D eigenvalue weighted by Crippen LogP contribution is 2.29. The summed E-state index contributed by atoms with van der Waals surface area (Å²) in [4.78, 5) is 25.3. The van der Waals surface area contributed by atoms with Crippen LogP contribution in [-0.2, 0) is 11.2 Å². The van der Waals surface area contributed by atoms with E-state index in [1.54, 1.807) is 11.9 Å². The Balaban J connectivity index is 2.03. The lowest BCUT2D eigenvalue weighted by molar-refractivity contribution is -0.116. The molecule has 1 heterocycles. The zero-order valence-electron chi connectivity index (χ0n) is 13.5. The molecule has 0 radical (unpaired) electrons. The van der Waals surface area contributed by atoms with E-state index in [2.05, 4.69) is 16.0 Å². The van der Waals surface area contributed by atoms with Gasteiger partial charge in [-0.2, -0.15) is 0 Å². The number of anilines is 2. The van der Waals surface area contributed by atoms with Gasteiger partial charge in [-0.25, -0.2) is 4.79 Å². The van der Waals surface area contributed by atoms with Crippen molar-refractivity contribution in [3.63, 3.8) is 0 Å². The molecule has 0 unspecified atom stereocenters. The molecular formula is C16H24N4O2. The summed E-state index contributed by atoms with van der Waals surface area (Å²) in [6, 6.07) is 3.70. The molecule has 22 heavy (non-hydrogen) atoms. The monoisotopic (exact) mass is 304 g/mol. The highest BCUT2D eigenvalue weighted by molar-refractivity contribution is 5.96. The van der Waals surface area contributed by atoms with E-state index in [4.69, 9.17) is 0 Å². The first kappa shape index (κ1) is 16.3. The van der Waals surface area contributed by atoms with Gasteiger partial charge in [0, 0.05) is 37.9 Å². The minimum Gasteiger partial charge on any atom is -0.326 e. The van der Waals surface area contributed by atoms with Crippen molar-refractivity contribution >= 4 is 23.3 Å². The van der Waals surface area contributed by atoms with Crippen molar-refractivity contribution < 1.29 is 9.59 Å². The van der Waals surface area contributed by atoms with Crippen LogP contribution in [-0.4, -0.2) is 43.5 Å².